The normalized spacial score (nSPS) is 23.7. The van der Waals surface area contributed by atoms with Gasteiger partial charge < -0.3 is 14.8 Å². The van der Waals surface area contributed by atoms with Crippen molar-refractivity contribution in [2.24, 2.45) is 5.92 Å². The summed E-state index contributed by atoms with van der Waals surface area (Å²) in [6.45, 7) is 1.68. The van der Waals surface area contributed by atoms with Crippen molar-refractivity contribution in [2.75, 3.05) is 18.5 Å². The standard InChI is InChI=1S/C21H20ClN3O2/c22-19-4-1-16(12-24-19)25-20-18-3-2-17(9-15(18)5-7-23-20)26-13-14-10-21(11-14)6-8-27-21/h1-5,7,9,12,14H,6,8,10-11,13H2,(H,23,25). The first-order valence-electron chi connectivity index (χ1n) is 9.23. The van der Waals surface area contributed by atoms with Gasteiger partial charge >= 0.3 is 0 Å². The molecule has 0 radical (unpaired) electrons. The predicted octanol–water partition coefficient (Wildman–Crippen LogP) is 4.97. The first-order valence-corrected chi connectivity index (χ1v) is 9.61. The average molecular weight is 382 g/mol. The Hall–Kier alpha value is -2.37. The molecule has 1 saturated heterocycles. The fourth-order valence-electron chi connectivity index (χ4n) is 3.97. The minimum atomic E-state index is 0.209. The average Bonchev–Trinajstić information content (AvgIpc) is 2.61. The van der Waals surface area contributed by atoms with Crippen molar-refractivity contribution in [3.8, 4) is 5.75 Å². The van der Waals surface area contributed by atoms with Crippen LogP contribution in [0, 0.1) is 5.92 Å². The summed E-state index contributed by atoms with van der Waals surface area (Å²) in [7, 11) is 0. The van der Waals surface area contributed by atoms with Gasteiger partial charge in [0.05, 0.1) is 30.7 Å². The van der Waals surface area contributed by atoms with Crippen molar-refractivity contribution >= 4 is 33.9 Å². The van der Waals surface area contributed by atoms with Crippen LogP contribution in [0.2, 0.25) is 5.15 Å². The summed E-state index contributed by atoms with van der Waals surface area (Å²) in [6.07, 6.45) is 6.96. The Bertz CT molecular complexity index is 965. The monoisotopic (exact) mass is 381 g/mol. The van der Waals surface area contributed by atoms with Gasteiger partial charge in [0, 0.05) is 11.6 Å². The second-order valence-electron chi connectivity index (χ2n) is 7.40. The number of benzene rings is 1. The number of fused-ring (bicyclic) bond motifs is 1. The molecule has 1 spiro atoms. The zero-order chi connectivity index (χ0) is 18.3. The molecular formula is C21H20ClN3O2. The van der Waals surface area contributed by atoms with Crippen LogP contribution < -0.4 is 10.1 Å². The minimum absolute atomic E-state index is 0.209. The summed E-state index contributed by atoms with van der Waals surface area (Å²) in [4.78, 5) is 8.55. The third kappa shape index (κ3) is 3.33. The van der Waals surface area contributed by atoms with Gasteiger partial charge in [0.15, 0.2) is 0 Å². The summed E-state index contributed by atoms with van der Waals surface area (Å²) in [5, 5.41) is 5.88. The fourth-order valence-corrected chi connectivity index (χ4v) is 4.08. The van der Waals surface area contributed by atoms with Gasteiger partial charge in [-0.05, 0) is 67.0 Å². The molecule has 0 atom stereocenters. The Morgan fingerprint density at radius 2 is 2.07 bits per heavy atom. The Kier molecular flexibility index (Phi) is 4.14. The molecule has 0 amide bonds. The van der Waals surface area contributed by atoms with Crippen LogP contribution in [0.3, 0.4) is 0 Å². The van der Waals surface area contributed by atoms with Gasteiger partial charge in [-0.1, -0.05) is 11.6 Å². The van der Waals surface area contributed by atoms with Crippen molar-refractivity contribution in [1.82, 2.24) is 9.97 Å². The lowest BCUT2D eigenvalue weighted by Gasteiger charge is -2.53. The highest BCUT2D eigenvalue weighted by Gasteiger charge is 2.49. The van der Waals surface area contributed by atoms with Crippen LogP contribution >= 0.6 is 11.6 Å². The predicted molar refractivity (Wildman–Crippen MR) is 106 cm³/mol. The van der Waals surface area contributed by atoms with Crippen LogP contribution in [-0.2, 0) is 4.74 Å². The third-order valence-electron chi connectivity index (χ3n) is 5.50. The summed E-state index contributed by atoms with van der Waals surface area (Å²) in [5.74, 6) is 2.28. The number of hydrogen-bond acceptors (Lipinski definition) is 5. The minimum Gasteiger partial charge on any atom is -0.493 e. The van der Waals surface area contributed by atoms with Crippen LogP contribution in [0.1, 0.15) is 19.3 Å². The lowest BCUT2D eigenvalue weighted by molar-refractivity contribution is -0.216. The molecule has 1 aliphatic carbocycles. The Morgan fingerprint density at radius 3 is 2.81 bits per heavy atom. The molecule has 1 aliphatic heterocycles. The van der Waals surface area contributed by atoms with E-state index in [2.05, 4.69) is 21.4 Å². The summed E-state index contributed by atoms with van der Waals surface area (Å²) >= 11 is 5.85. The molecule has 5 nitrogen and oxygen atoms in total. The smallest absolute Gasteiger partial charge is 0.138 e. The van der Waals surface area contributed by atoms with Crippen LogP contribution in [0.4, 0.5) is 11.5 Å². The third-order valence-corrected chi connectivity index (χ3v) is 5.72. The van der Waals surface area contributed by atoms with E-state index in [0.717, 1.165) is 54.1 Å². The molecule has 0 unspecified atom stereocenters. The van der Waals surface area contributed by atoms with Gasteiger partial charge in [-0.25, -0.2) is 9.97 Å². The van der Waals surface area contributed by atoms with E-state index in [1.807, 2.05) is 24.3 Å². The Balaban J connectivity index is 1.28. The number of halogens is 1. The molecular weight excluding hydrogens is 362 g/mol. The van der Waals surface area contributed by atoms with Crippen molar-refractivity contribution < 1.29 is 9.47 Å². The zero-order valence-corrected chi connectivity index (χ0v) is 15.6. The van der Waals surface area contributed by atoms with Crippen molar-refractivity contribution in [2.45, 2.75) is 24.9 Å². The van der Waals surface area contributed by atoms with Crippen molar-refractivity contribution in [3.05, 3.63) is 53.9 Å². The number of nitrogens with one attached hydrogen (secondary N) is 1. The second-order valence-corrected chi connectivity index (χ2v) is 7.79. The molecule has 3 heterocycles. The second kappa shape index (κ2) is 6.66. The summed E-state index contributed by atoms with van der Waals surface area (Å²) < 4.78 is 11.7. The van der Waals surface area contributed by atoms with E-state index in [0.29, 0.717) is 11.1 Å². The molecule has 3 aromatic rings. The van der Waals surface area contributed by atoms with E-state index in [-0.39, 0.29) is 5.60 Å². The Labute approximate surface area is 162 Å². The van der Waals surface area contributed by atoms with E-state index >= 15 is 0 Å². The largest absolute Gasteiger partial charge is 0.493 e. The first kappa shape index (κ1) is 16.8. The highest BCUT2D eigenvalue weighted by molar-refractivity contribution is 6.29. The van der Waals surface area contributed by atoms with E-state index < -0.39 is 0 Å². The lowest BCUT2D eigenvalue weighted by Crippen LogP contribution is -2.55. The number of pyridine rings is 2. The zero-order valence-electron chi connectivity index (χ0n) is 14.8. The fraction of sp³-hybridized carbons (Fsp3) is 0.333. The summed E-state index contributed by atoms with van der Waals surface area (Å²) in [6, 6.07) is 11.7. The van der Waals surface area contributed by atoms with Gasteiger partial charge in [0.25, 0.3) is 0 Å². The molecule has 2 aliphatic rings. The molecule has 1 aromatic carbocycles. The van der Waals surface area contributed by atoms with Crippen LogP contribution in [-0.4, -0.2) is 28.8 Å². The molecule has 27 heavy (non-hydrogen) atoms. The Morgan fingerprint density at radius 1 is 1.19 bits per heavy atom. The highest BCUT2D eigenvalue weighted by atomic mass is 35.5. The molecule has 0 bridgehead atoms. The number of ether oxygens (including phenoxy) is 2. The maximum Gasteiger partial charge on any atom is 0.138 e. The molecule has 2 fully saturated rings. The summed E-state index contributed by atoms with van der Waals surface area (Å²) in [5.41, 5.74) is 1.05. The number of aromatic nitrogens is 2. The number of anilines is 2. The maximum atomic E-state index is 6.03. The van der Waals surface area contributed by atoms with Gasteiger partial charge in [0.2, 0.25) is 0 Å². The SMILES string of the molecule is Clc1ccc(Nc2nccc3cc(OCC4CC5(CCO5)C4)ccc23)cn1. The molecule has 6 heteroatoms. The molecule has 138 valence electrons. The number of rotatable bonds is 5. The van der Waals surface area contributed by atoms with E-state index in [4.69, 9.17) is 21.1 Å². The number of hydrogen-bond donors (Lipinski definition) is 1. The molecule has 5 rings (SSSR count). The molecule has 2 aromatic heterocycles. The van der Waals surface area contributed by atoms with Gasteiger partial charge in [-0.3, -0.25) is 0 Å². The van der Waals surface area contributed by atoms with Gasteiger partial charge in [-0.15, -0.1) is 0 Å². The first-order chi connectivity index (χ1) is 13.2. The van der Waals surface area contributed by atoms with Crippen molar-refractivity contribution in [1.29, 1.82) is 0 Å². The highest BCUT2D eigenvalue weighted by Crippen LogP contribution is 2.48. The quantitative estimate of drug-likeness (QED) is 0.632. The van der Waals surface area contributed by atoms with Crippen LogP contribution in [0.15, 0.2) is 48.8 Å². The van der Waals surface area contributed by atoms with Gasteiger partial charge in [0.1, 0.15) is 16.7 Å². The maximum absolute atomic E-state index is 6.03. The van der Waals surface area contributed by atoms with E-state index in [1.165, 1.54) is 6.42 Å². The van der Waals surface area contributed by atoms with Gasteiger partial charge in [-0.2, -0.15) is 0 Å². The topological polar surface area (TPSA) is 56.3 Å². The van der Waals surface area contributed by atoms with Crippen molar-refractivity contribution in [3.63, 3.8) is 0 Å². The molecule has 1 N–H and O–H groups in total. The van der Waals surface area contributed by atoms with E-state index in [1.54, 1.807) is 18.5 Å². The number of nitrogens with zero attached hydrogens (tertiary/aromatic N) is 2. The van der Waals surface area contributed by atoms with E-state index in [9.17, 15) is 0 Å². The lowest BCUT2D eigenvalue weighted by atomic mass is 9.67. The molecule has 1 saturated carbocycles. The van der Waals surface area contributed by atoms with Crippen LogP contribution in [0.25, 0.3) is 10.8 Å². The van der Waals surface area contributed by atoms with Crippen LogP contribution in [0.5, 0.6) is 5.75 Å².